The molecule has 4 nitrogen and oxygen atoms in total. The van der Waals surface area contributed by atoms with E-state index in [4.69, 9.17) is 0 Å². The molecule has 1 aliphatic heterocycles. The van der Waals surface area contributed by atoms with Crippen LogP contribution in [-0.2, 0) is 6.61 Å². The Balaban J connectivity index is 0.00000150. The molecule has 1 saturated heterocycles. The highest BCUT2D eigenvalue weighted by Crippen LogP contribution is 2.38. The van der Waals surface area contributed by atoms with Crippen molar-refractivity contribution in [3.63, 3.8) is 0 Å². The van der Waals surface area contributed by atoms with Crippen LogP contribution in [0.25, 0.3) is 22.4 Å². The SMILES string of the molecule is CN1CCC(c2cc(-c3ccncc3CO)c(-c3ccc(F)cc3)[nH]2)CC1.Cl.Cl. The number of aliphatic hydroxyl groups excluding tert-OH is 1. The highest BCUT2D eigenvalue weighted by Gasteiger charge is 2.23. The van der Waals surface area contributed by atoms with Crippen molar-refractivity contribution in [2.75, 3.05) is 20.1 Å². The van der Waals surface area contributed by atoms with Gasteiger partial charge in [-0.15, -0.1) is 24.8 Å². The van der Waals surface area contributed by atoms with Gasteiger partial charge in [0, 0.05) is 35.1 Å². The van der Waals surface area contributed by atoms with Crippen molar-refractivity contribution in [1.29, 1.82) is 0 Å². The van der Waals surface area contributed by atoms with Crippen LogP contribution >= 0.6 is 24.8 Å². The highest BCUT2D eigenvalue weighted by atomic mass is 35.5. The summed E-state index contributed by atoms with van der Waals surface area (Å²) in [4.78, 5) is 10.1. The first-order valence-electron chi connectivity index (χ1n) is 9.37. The maximum atomic E-state index is 13.4. The van der Waals surface area contributed by atoms with E-state index in [1.54, 1.807) is 24.5 Å². The Kier molecular flexibility index (Phi) is 8.23. The molecule has 156 valence electrons. The standard InChI is InChI=1S/C22H24FN3O.2ClH/c1-26-10-7-15(8-11-26)21-12-20(19-6-9-24-13-17(19)14-27)22(25-21)16-2-4-18(23)5-3-16;;/h2-6,9,12-13,15,25,27H,7-8,10-11,14H2,1H3;2*1H. The van der Waals surface area contributed by atoms with E-state index < -0.39 is 0 Å². The summed E-state index contributed by atoms with van der Waals surface area (Å²) in [5.74, 6) is 0.232. The molecule has 4 rings (SSSR count). The number of piperidine rings is 1. The molecule has 0 aliphatic carbocycles. The molecule has 0 atom stereocenters. The summed E-state index contributed by atoms with van der Waals surface area (Å²) < 4.78 is 13.4. The van der Waals surface area contributed by atoms with E-state index in [9.17, 15) is 9.50 Å². The van der Waals surface area contributed by atoms with E-state index in [1.165, 1.54) is 17.8 Å². The fourth-order valence-corrected chi connectivity index (χ4v) is 3.89. The Bertz CT molecular complexity index is 922. The zero-order valence-corrected chi connectivity index (χ0v) is 17.9. The molecular formula is C22H26Cl2FN3O. The molecule has 0 saturated carbocycles. The summed E-state index contributed by atoms with van der Waals surface area (Å²) in [5.41, 5.74) is 5.88. The first-order chi connectivity index (χ1) is 13.2. The van der Waals surface area contributed by atoms with Gasteiger partial charge >= 0.3 is 0 Å². The van der Waals surface area contributed by atoms with Gasteiger partial charge in [0.15, 0.2) is 0 Å². The number of likely N-dealkylation sites (tertiary alicyclic amines) is 1. The topological polar surface area (TPSA) is 52.1 Å². The van der Waals surface area contributed by atoms with Gasteiger partial charge in [-0.2, -0.15) is 0 Å². The number of aromatic amines is 1. The lowest BCUT2D eigenvalue weighted by Crippen LogP contribution is -2.29. The molecule has 3 heterocycles. The van der Waals surface area contributed by atoms with Crippen LogP contribution in [0.1, 0.15) is 30.0 Å². The van der Waals surface area contributed by atoms with Crippen molar-refractivity contribution >= 4 is 24.8 Å². The third-order valence-corrected chi connectivity index (χ3v) is 5.49. The smallest absolute Gasteiger partial charge is 0.123 e. The maximum Gasteiger partial charge on any atom is 0.123 e. The lowest BCUT2D eigenvalue weighted by Gasteiger charge is -2.28. The van der Waals surface area contributed by atoms with Gasteiger partial charge in [-0.3, -0.25) is 4.98 Å². The van der Waals surface area contributed by atoms with E-state index in [-0.39, 0.29) is 37.2 Å². The van der Waals surface area contributed by atoms with E-state index in [0.29, 0.717) is 5.92 Å². The second-order valence-electron chi connectivity index (χ2n) is 7.29. The number of nitrogens with one attached hydrogen (secondary N) is 1. The van der Waals surface area contributed by atoms with Crippen LogP contribution in [0, 0.1) is 5.82 Å². The average Bonchev–Trinajstić information content (AvgIpc) is 3.14. The van der Waals surface area contributed by atoms with E-state index in [2.05, 4.69) is 28.0 Å². The van der Waals surface area contributed by atoms with Crippen molar-refractivity contribution < 1.29 is 9.50 Å². The quantitative estimate of drug-likeness (QED) is 0.601. The molecule has 2 aromatic heterocycles. The molecule has 29 heavy (non-hydrogen) atoms. The van der Waals surface area contributed by atoms with Crippen LogP contribution < -0.4 is 0 Å². The Morgan fingerprint density at radius 3 is 2.45 bits per heavy atom. The zero-order valence-electron chi connectivity index (χ0n) is 16.3. The largest absolute Gasteiger partial charge is 0.392 e. The number of aliphatic hydroxyl groups is 1. The Morgan fingerprint density at radius 1 is 1.10 bits per heavy atom. The minimum Gasteiger partial charge on any atom is -0.392 e. The molecule has 0 bridgehead atoms. The van der Waals surface area contributed by atoms with Gasteiger partial charge in [-0.05, 0) is 80.5 Å². The predicted molar refractivity (Wildman–Crippen MR) is 119 cm³/mol. The molecular weight excluding hydrogens is 412 g/mol. The number of hydrogen-bond donors (Lipinski definition) is 2. The summed E-state index contributed by atoms with van der Waals surface area (Å²) in [6.07, 6.45) is 5.67. The number of pyridine rings is 1. The first kappa shape index (κ1) is 23.4. The molecule has 1 aromatic carbocycles. The second-order valence-corrected chi connectivity index (χ2v) is 7.29. The summed E-state index contributed by atoms with van der Waals surface area (Å²) in [6, 6.07) is 10.7. The molecule has 0 unspecified atom stereocenters. The third-order valence-electron chi connectivity index (χ3n) is 5.49. The minimum atomic E-state index is -0.248. The van der Waals surface area contributed by atoms with Gasteiger partial charge in [-0.25, -0.2) is 4.39 Å². The van der Waals surface area contributed by atoms with Crippen LogP contribution in [0.5, 0.6) is 0 Å². The van der Waals surface area contributed by atoms with Crippen LogP contribution in [0.3, 0.4) is 0 Å². The number of rotatable bonds is 4. The molecule has 0 radical (unpaired) electrons. The number of benzene rings is 1. The summed E-state index contributed by atoms with van der Waals surface area (Å²) in [5, 5.41) is 9.76. The molecule has 0 spiro atoms. The fourth-order valence-electron chi connectivity index (χ4n) is 3.89. The number of H-pyrrole nitrogens is 1. The average molecular weight is 438 g/mol. The van der Waals surface area contributed by atoms with Crippen molar-refractivity contribution in [2.24, 2.45) is 0 Å². The van der Waals surface area contributed by atoms with Crippen LogP contribution in [0.4, 0.5) is 4.39 Å². The van der Waals surface area contributed by atoms with Crippen LogP contribution in [0.2, 0.25) is 0 Å². The van der Waals surface area contributed by atoms with Gasteiger partial charge in [0.25, 0.3) is 0 Å². The minimum absolute atomic E-state index is 0. The van der Waals surface area contributed by atoms with Gasteiger partial charge in [0.1, 0.15) is 5.82 Å². The fraction of sp³-hybridized carbons (Fsp3) is 0.318. The van der Waals surface area contributed by atoms with E-state index >= 15 is 0 Å². The number of halogens is 3. The summed E-state index contributed by atoms with van der Waals surface area (Å²) >= 11 is 0. The third kappa shape index (κ3) is 4.98. The Labute approximate surface area is 183 Å². The molecule has 7 heteroatoms. The molecule has 0 amide bonds. The lowest BCUT2D eigenvalue weighted by atomic mass is 9.93. The van der Waals surface area contributed by atoms with Crippen molar-refractivity contribution in [2.45, 2.75) is 25.4 Å². The molecule has 3 aromatic rings. The zero-order chi connectivity index (χ0) is 18.8. The highest BCUT2D eigenvalue weighted by molar-refractivity contribution is 5.86. The van der Waals surface area contributed by atoms with Gasteiger partial charge < -0.3 is 15.0 Å². The lowest BCUT2D eigenvalue weighted by molar-refractivity contribution is 0.253. The van der Waals surface area contributed by atoms with E-state index in [0.717, 1.165) is 53.9 Å². The van der Waals surface area contributed by atoms with Crippen molar-refractivity contribution in [3.8, 4) is 22.4 Å². The Hall–Kier alpha value is -1.92. The van der Waals surface area contributed by atoms with Crippen molar-refractivity contribution in [3.05, 3.63) is 65.9 Å². The maximum absolute atomic E-state index is 13.4. The van der Waals surface area contributed by atoms with E-state index in [1.807, 2.05) is 6.07 Å². The first-order valence-corrected chi connectivity index (χ1v) is 9.37. The van der Waals surface area contributed by atoms with Gasteiger partial charge in [0.05, 0.1) is 12.3 Å². The van der Waals surface area contributed by atoms with Gasteiger partial charge in [0.2, 0.25) is 0 Å². The number of hydrogen-bond acceptors (Lipinski definition) is 3. The van der Waals surface area contributed by atoms with Gasteiger partial charge in [-0.1, -0.05) is 0 Å². The number of aromatic nitrogens is 2. The van der Waals surface area contributed by atoms with Crippen LogP contribution in [0.15, 0.2) is 48.8 Å². The molecule has 1 aliphatic rings. The number of nitrogens with zero attached hydrogens (tertiary/aromatic N) is 2. The summed E-state index contributed by atoms with van der Waals surface area (Å²) in [6.45, 7) is 2.10. The monoisotopic (exact) mass is 437 g/mol. The van der Waals surface area contributed by atoms with Crippen LogP contribution in [-0.4, -0.2) is 40.1 Å². The normalized spacial score (nSPS) is 14.9. The summed E-state index contributed by atoms with van der Waals surface area (Å²) in [7, 11) is 2.16. The molecule has 2 N–H and O–H groups in total. The van der Waals surface area contributed by atoms with Crippen molar-refractivity contribution in [1.82, 2.24) is 14.9 Å². The second kappa shape index (κ2) is 10.2. The predicted octanol–water partition coefficient (Wildman–Crippen LogP) is 5.03. The Morgan fingerprint density at radius 2 is 1.79 bits per heavy atom. The molecule has 1 fully saturated rings.